The van der Waals surface area contributed by atoms with Gasteiger partial charge in [0.15, 0.2) is 0 Å². The molecule has 0 spiro atoms. The van der Waals surface area contributed by atoms with Crippen LogP contribution in [0.15, 0.2) is 30.9 Å². The summed E-state index contributed by atoms with van der Waals surface area (Å²) in [6.45, 7) is 5.71. The van der Waals surface area contributed by atoms with Crippen molar-refractivity contribution >= 4 is 16.9 Å². The first-order valence-corrected chi connectivity index (χ1v) is 8.00. The zero-order chi connectivity index (χ0) is 16.2. The number of carbonyl (C=O) groups excluding carboxylic acids is 1. The first kappa shape index (κ1) is 15.3. The number of carbonyl (C=O) groups is 1. The summed E-state index contributed by atoms with van der Waals surface area (Å²) in [7, 11) is 0. The molecule has 3 heterocycles. The van der Waals surface area contributed by atoms with Crippen LogP contribution in [0.5, 0.6) is 0 Å². The van der Waals surface area contributed by atoms with E-state index >= 15 is 0 Å². The molecule has 3 rings (SSSR count). The quantitative estimate of drug-likeness (QED) is 0.733. The van der Waals surface area contributed by atoms with E-state index in [0.717, 1.165) is 48.2 Å². The summed E-state index contributed by atoms with van der Waals surface area (Å²) in [6, 6.07) is 3.81. The lowest BCUT2D eigenvalue weighted by Gasteiger charge is -2.20. The minimum atomic E-state index is 0.0410. The van der Waals surface area contributed by atoms with Gasteiger partial charge in [-0.25, -0.2) is 9.97 Å². The van der Waals surface area contributed by atoms with E-state index in [1.54, 1.807) is 0 Å². The molecule has 3 aromatic heterocycles. The average Bonchev–Trinajstić information content (AvgIpc) is 3.22. The summed E-state index contributed by atoms with van der Waals surface area (Å²) in [6.07, 6.45) is 7.11. The molecule has 0 saturated carbocycles. The van der Waals surface area contributed by atoms with Crippen molar-refractivity contribution in [1.82, 2.24) is 24.8 Å². The Morgan fingerprint density at radius 1 is 1.17 bits per heavy atom. The van der Waals surface area contributed by atoms with Crippen LogP contribution in [0, 0.1) is 0 Å². The van der Waals surface area contributed by atoms with E-state index in [-0.39, 0.29) is 5.91 Å². The summed E-state index contributed by atoms with van der Waals surface area (Å²) >= 11 is 0. The first-order chi connectivity index (χ1) is 11.2. The van der Waals surface area contributed by atoms with E-state index in [1.165, 1.54) is 6.33 Å². The van der Waals surface area contributed by atoms with Crippen molar-refractivity contribution in [3.63, 3.8) is 0 Å². The minimum Gasteiger partial charge on any atom is -0.357 e. The molecule has 6 heteroatoms. The molecule has 1 amide bonds. The lowest BCUT2D eigenvalue weighted by atomic mass is 10.1. The van der Waals surface area contributed by atoms with E-state index in [0.29, 0.717) is 5.69 Å². The van der Waals surface area contributed by atoms with Crippen LogP contribution in [-0.2, 0) is 0 Å². The zero-order valence-electron chi connectivity index (χ0n) is 13.5. The number of nitrogens with zero attached hydrogens (tertiary/aromatic N) is 3. The second kappa shape index (κ2) is 6.64. The fourth-order valence-corrected chi connectivity index (χ4v) is 2.78. The molecule has 2 N–H and O–H groups in total. The Balaban J connectivity index is 1.91. The molecule has 0 aliphatic carbocycles. The highest BCUT2D eigenvalue weighted by molar-refractivity contribution is 5.96. The van der Waals surface area contributed by atoms with E-state index in [2.05, 4.69) is 33.8 Å². The van der Waals surface area contributed by atoms with Crippen molar-refractivity contribution in [2.45, 2.75) is 26.7 Å². The Morgan fingerprint density at radius 2 is 1.96 bits per heavy atom. The van der Waals surface area contributed by atoms with Crippen LogP contribution in [0.3, 0.4) is 0 Å². The number of hydrogen-bond donors (Lipinski definition) is 2. The van der Waals surface area contributed by atoms with Gasteiger partial charge in [-0.1, -0.05) is 13.8 Å². The maximum atomic E-state index is 12.6. The monoisotopic (exact) mass is 311 g/mol. The van der Waals surface area contributed by atoms with Gasteiger partial charge in [-0.05, 0) is 25.0 Å². The molecule has 0 unspecified atom stereocenters. The second-order valence-corrected chi connectivity index (χ2v) is 5.56. The fourth-order valence-electron chi connectivity index (χ4n) is 2.78. The van der Waals surface area contributed by atoms with Crippen molar-refractivity contribution in [3.05, 3.63) is 36.5 Å². The largest absolute Gasteiger partial charge is 0.357 e. The molecule has 0 bridgehead atoms. The Hall–Kier alpha value is -2.63. The Kier molecular flexibility index (Phi) is 4.41. The lowest BCUT2D eigenvalue weighted by molar-refractivity contribution is 0.0750. The van der Waals surface area contributed by atoms with Crippen LogP contribution in [0.1, 0.15) is 37.2 Å². The molecule has 0 atom stereocenters. The normalized spacial score (nSPS) is 11.0. The summed E-state index contributed by atoms with van der Waals surface area (Å²) in [4.78, 5) is 29.3. The number of H-pyrrole nitrogens is 2. The van der Waals surface area contributed by atoms with Gasteiger partial charge in [0, 0.05) is 36.4 Å². The van der Waals surface area contributed by atoms with Gasteiger partial charge < -0.3 is 14.9 Å². The third-order valence-corrected chi connectivity index (χ3v) is 3.82. The van der Waals surface area contributed by atoms with Gasteiger partial charge in [0.1, 0.15) is 17.7 Å². The van der Waals surface area contributed by atoms with Crippen molar-refractivity contribution in [2.24, 2.45) is 0 Å². The van der Waals surface area contributed by atoms with Crippen molar-refractivity contribution in [2.75, 3.05) is 13.1 Å². The molecule has 6 nitrogen and oxygen atoms in total. The van der Waals surface area contributed by atoms with Crippen molar-refractivity contribution < 1.29 is 4.79 Å². The van der Waals surface area contributed by atoms with Gasteiger partial charge in [-0.2, -0.15) is 0 Å². The van der Waals surface area contributed by atoms with Gasteiger partial charge in [-0.3, -0.25) is 4.79 Å². The number of aromatic nitrogens is 4. The molecule has 0 radical (unpaired) electrons. The second-order valence-electron chi connectivity index (χ2n) is 5.56. The lowest BCUT2D eigenvalue weighted by Crippen LogP contribution is -2.32. The number of fused-ring (bicyclic) bond motifs is 1. The summed E-state index contributed by atoms with van der Waals surface area (Å²) in [5, 5.41) is 0.949. The Labute approximate surface area is 135 Å². The predicted molar refractivity (Wildman–Crippen MR) is 90.2 cm³/mol. The number of amides is 1. The highest BCUT2D eigenvalue weighted by Crippen LogP contribution is 2.25. The van der Waals surface area contributed by atoms with Crippen LogP contribution >= 0.6 is 0 Å². The van der Waals surface area contributed by atoms with E-state index < -0.39 is 0 Å². The molecule has 120 valence electrons. The van der Waals surface area contributed by atoms with Gasteiger partial charge in [0.05, 0.1) is 5.69 Å². The molecule has 0 aliphatic rings. The average molecular weight is 311 g/mol. The molecule has 0 aliphatic heterocycles. The maximum absolute atomic E-state index is 12.6. The first-order valence-electron chi connectivity index (χ1n) is 8.00. The van der Waals surface area contributed by atoms with Gasteiger partial charge in [0.2, 0.25) is 0 Å². The Morgan fingerprint density at radius 3 is 2.70 bits per heavy atom. The third-order valence-electron chi connectivity index (χ3n) is 3.82. The molecular formula is C17H21N5O. The molecule has 0 fully saturated rings. The van der Waals surface area contributed by atoms with Gasteiger partial charge >= 0.3 is 0 Å². The minimum absolute atomic E-state index is 0.0410. The van der Waals surface area contributed by atoms with Gasteiger partial charge in [-0.15, -0.1) is 0 Å². The fraction of sp³-hybridized carbons (Fsp3) is 0.353. The number of aromatic amines is 2. The Bertz CT molecular complexity index is 798. The predicted octanol–water partition coefficient (Wildman–Crippen LogP) is 3.22. The van der Waals surface area contributed by atoms with Crippen molar-refractivity contribution in [3.8, 4) is 11.3 Å². The molecule has 23 heavy (non-hydrogen) atoms. The maximum Gasteiger partial charge on any atom is 0.270 e. The smallest absolute Gasteiger partial charge is 0.270 e. The van der Waals surface area contributed by atoms with Gasteiger partial charge in [0.25, 0.3) is 5.91 Å². The standard InChI is InChI=1S/C17H21N5O/c1-3-7-22(8-4-2)17(23)14-9-12(10-19-14)15-13-5-6-18-16(13)21-11-20-15/h5-6,9-11,19H,3-4,7-8H2,1-2H3,(H,18,20,21). The van der Waals surface area contributed by atoms with Crippen LogP contribution in [0.25, 0.3) is 22.3 Å². The molecule has 3 aromatic rings. The number of hydrogen-bond acceptors (Lipinski definition) is 3. The summed E-state index contributed by atoms with van der Waals surface area (Å²) < 4.78 is 0. The SMILES string of the molecule is CCCN(CCC)C(=O)c1cc(-c2ncnc3[nH]ccc23)c[nH]1. The summed E-state index contributed by atoms with van der Waals surface area (Å²) in [5.41, 5.74) is 3.12. The van der Waals surface area contributed by atoms with Crippen LogP contribution in [-0.4, -0.2) is 43.8 Å². The molecule has 0 saturated heterocycles. The summed E-state index contributed by atoms with van der Waals surface area (Å²) in [5.74, 6) is 0.0410. The molecule has 0 aromatic carbocycles. The van der Waals surface area contributed by atoms with E-state index in [9.17, 15) is 4.79 Å². The topological polar surface area (TPSA) is 77.7 Å². The zero-order valence-corrected chi connectivity index (χ0v) is 13.5. The van der Waals surface area contributed by atoms with E-state index in [4.69, 9.17) is 0 Å². The number of rotatable bonds is 6. The van der Waals surface area contributed by atoms with Crippen LogP contribution in [0.2, 0.25) is 0 Å². The third kappa shape index (κ3) is 2.97. The van der Waals surface area contributed by atoms with Crippen LogP contribution < -0.4 is 0 Å². The van der Waals surface area contributed by atoms with E-state index in [1.807, 2.05) is 29.4 Å². The van der Waals surface area contributed by atoms with Crippen molar-refractivity contribution in [1.29, 1.82) is 0 Å². The van der Waals surface area contributed by atoms with Crippen LogP contribution in [0.4, 0.5) is 0 Å². The number of nitrogens with one attached hydrogen (secondary N) is 2. The highest BCUT2D eigenvalue weighted by atomic mass is 16.2. The highest BCUT2D eigenvalue weighted by Gasteiger charge is 2.17. The molecular weight excluding hydrogens is 290 g/mol.